The summed E-state index contributed by atoms with van der Waals surface area (Å²) in [5, 5.41) is 0. The number of halogens is 3. The lowest BCUT2D eigenvalue weighted by Crippen LogP contribution is -2.14. The Hall–Kier alpha value is -1.46. The molecule has 0 aliphatic carbocycles. The summed E-state index contributed by atoms with van der Waals surface area (Å²) in [5.74, 6) is -1.42. The number of esters is 1. The molecule has 1 aromatic rings. The van der Waals surface area contributed by atoms with Crippen molar-refractivity contribution in [3.8, 4) is 0 Å². The molecule has 0 bridgehead atoms. The molecule has 0 N–H and O–H groups in total. The smallest absolute Gasteiger partial charge is 0.420 e. The summed E-state index contributed by atoms with van der Waals surface area (Å²) in [6.45, 7) is 4.00. The highest BCUT2D eigenvalue weighted by atomic mass is 19.4. The lowest BCUT2D eigenvalue weighted by molar-refractivity contribution is -0.139. The van der Waals surface area contributed by atoms with E-state index in [1.165, 1.54) is 20.8 Å². The SMILES string of the molecule is CCOC(=O)c1c(C)oc(C)c1C(F)(F)F. The second kappa shape index (κ2) is 4.19. The summed E-state index contributed by atoms with van der Waals surface area (Å²) in [6.07, 6.45) is -4.62. The monoisotopic (exact) mass is 236 g/mol. The molecule has 0 spiro atoms. The zero-order valence-corrected chi connectivity index (χ0v) is 9.07. The minimum absolute atomic E-state index is 0.0137. The fourth-order valence-electron chi connectivity index (χ4n) is 1.47. The van der Waals surface area contributed by atoms with Crippen molar-refractivity contribution < 1.29 is 27.1 Å². The van der Waals surface area contributed by atoms with Crippen LogP contribution >= 0.6 is 0 Å². The fourth-order valence-corrected chi connectivity index (χ4v) is 1.47. The minimum atomic E-state index is -4.62. The van der Waals surface area contributed by atoms with Crippen molar-refractivity contribution in [2.45, 2.75) is 26.9 Å². The van der Waals surface area contributed by atoms with Gasteiger partial charge in [-0.25, -0.2) is 4.79 Å². The van der Waals surface area contributed by atoms with E-state index < -0.39 is 23.3 Å². The topological polar surface area (TPSA) is 39.4 Å². The van der Waals surface area contributed by atoms with Gasteiger partial charge in [-0.2, -0.15) is 13.2 Å². The van der Waals surface area contributed by atoms with Crippen molar-refractivity contribution in [2.75, 3.05) is 6.61 Å². The second-order valence-corrected chi connectivity index (χ2v) is 3.18. The van der Waals surface area contributed by atoms with Gasteiger partial charge in [-0.15, -0.1) is 0 Å². The summed E-state index contributed by atoms with van der Waals surface area (Å²) in [6, 6.07) is 0. The average Bonchev–Trinajstić information content (AvgIpc) is 2.40. The number of furan rings is 1. The van der Waals surface area contributed by atoms with Crippen molar-refractivity contribution in [1.29, 1.82) is 0 Å². The fraction of sp³-hybridized carbons (Fsp3) is 0.500. The van der Waals surface area contributed by atoms with Gasteiger partial charge in [-0.05, 0) is 20.8 Å². The first kappa shape index (κ1) is 12.6. The summed E-state index contributed by atoms with van der Waals surface area (Å²) in [4.78, 5) is 11.4. The number of carbonyl (C=O) groups excluding carboxylic acids is 1. The number of aryl methyl sites for hydroxylation is 2. The number of hydrogen-bond acceptors (Lipinski definition) is 3. The Bertz CT molecular complexity index is 404. The standard InChI is InChI=1S/C10H11F3O3/c1-4-15-9(14)7-5(2)16-6(3)8(7)10(11,12)13/h4H2,1-3H3. The normalized spacial score (nSPS) is 11.6. The maximum absolute atomic E-state index is 12.7. The van der Waals surface area contributed by atoms with E-state index in [2.05, 4.69) is 4.74 Å². The van der Waals surface area contributed by atoms with Crippen LogP contribution in [0.25, 0.3) is 0 Å². The molecule has 0 aromatic carbocycles. The van der Waals surface area contributed by atoms with Crippen LogP contribution in [-0.4, -0.2) is 12.6 Å². The molecule has 0 saturated heterocycles. The molecular formula is C10H11F3O3. The van der Waals surface area contributed by atoms with Crippen LogP contribution in [0.2, 0.25) is 0 Å². The maximum Gasteiger partial charge on any atom is 0.420 e. The molecule has 0 aliphatic rings. The zero-order chi connectivity index (χ0) is 12.5. The molecule has 1 rings (SSSR count). The molecule has 1 heterocycles. The predicted molar refractivity (Wildman–Crippen MR) is 49.1 cm³/mol. The van der Waals surface area contributed by atoms with Crippen LogP contribution in [0.3, 0.4) is 0 Å². The third-order valence-electron chi connectivity index (χ3n) is 2.02. The Kier molecular flexibility index (Phi) is 3.30. The Balaban J connectivity index is 3.32. The van der Waals surface area contributed by atoms with Gasteiger partial charge in [0.25, 0.3) is 0 Å². The average molecular weight is 236 g/mol. The van der Waals surface area contributed by atoms with Gasteiger partial charge in [-0.3, -0.25) is 0 Å². The molecule has 6 heteroatoms. The van der Waals surface area contributed by atoms with Gasteiger partial charge < -0.3 is 9.15 Å². The molecule has 0 fully saturated rings. The van der Waals surface area contributed by atoms with Crippen molar-refractivity contribution in [2.24, 2.45) is 0 Å². The van der Waals surface area contributed by atoms with E-state index in [9.17, 15) is 18.0 Å². The van der Waals surface area contributed by atoms with Crippen LogP contribution in [0.1, 0.15) is 34.4 Å². The van der Waals surface area contributed by atoms with Gasteiger partial charge in [0.15, 0.2) is 0 Å². The van der Waals surface area contributed by atoms with Gasteiger partial charge >= 0.3 is 12.1 Å². The Labute approximate surface area is 90.2 Å². The lowest BCUT2D eigenvalue weighted by Gasteiger charge is -2.07. The van der Waals surface area contributed by atoms with E-state index in [4.69, 9.17) is 4.42 Å². The summed E-state index contributed by atoms with van der Waals surface area (Å²) in [7, 11) is 0. The van der Waals surface area contributed by atoms with Gasteiger partial charge in [0.2, 0.25) is 0 Å². The number of ether oxygens (including phenoxy) is 1. The van der Waals surface area contributed by atoms with Gasteiger partial charge in [0.05, 0.1) is 6.61 Å². The maximum atomic E-state index is 12.7. The van der Waals surface area contributed by atoms with E-state index in [0.29, 0.717) is 0 Å². The van der Waals surface area contributed by atoms with Crippen molar-refractivity contribution in [3.05, 3.63) is 22.6 Å². The van der Waals surface area contributed by atoms with Crippen LogP contribution in [0, 0.1) is 13.8 Å². The lowest BCUT2D eigenvalue weighted by atomic mass is 10.1. The molecule has 0 saturated carbocycles. The molecule has 0 radical (unpaired) electrons. The van der Waals surface area contributed by atoms with Crippen molar-refractivity contribution in [1.82, 2.24) is 0 Å². The number of carbonyl (C=O) groups is 1. The highest BCUT2D eigenvalue weighted by molar-refractivity contribution is 5.92. The quantitative estimate of drug-likeness (QED) is 0.740. The molecular weight excluding hydrogens is 225 g/mol. The van der Waals surface area contributed by atoms with E-state index in [0.717, 1.165) is 0 Å². The summed E-state index contributed by atoms with van der Waals surface area (Å²) < 4.78 is 47.3. The third-order valence-corrected chi connectivity index (χ3v) is 2.02. The second-order valence-electron chi connectivity index (χ2n) is 3.18. The van der Waals surface area contributed by atoms with E-state index in [1.807, 2.05) is 0 Å². The summed E-state index contributed by atoms with van der Waals surface area (Å²) >= 11 is 0. The molecule has 0 unspecified atom stereocenters. The Morgan fingerprint density at radius 2 is 1.88 bits per heavy atom. The first-order chi connectivity index (χ1) is 7.29. The van der Waals surface area contributed by atoms with Crippen LogP contribution < -0.4 is 0 Å². The van der Waals surface area contributed by atoms with E-state index >= 15 is 0 Å². The molecule has 0 amide bonds. The van der Waals surface area contributed by atoms with Gasteiger partial charge in [-0.1, -0.05) is 0 Å². The van der Waals surface area contributed by atoms with E-state index in [-0.39, 0.29) is 18.1 Å². The van der Waals surface area contributed by atoms with Crippen molar-refractivity contribution >= 4 is 5.97 Å². The van der Waals surface area contributed by atoms with Crippen molar-refractivity contribution in [3.63, 3.8) is 0 Å². The van der Waals surface area contributed by atoms with Gasteiger partial charge in [0.1, 0.15) is 22.6 Å². The molecule has 90 valence electrons. The van der Waals surface area contributed by atoms with Crippen LogP contribution in [0.4, 0.5) is 13.2 Å². The number of alkyl halides is 3. The number of rotatable bonds is 2. The highest BCUT2D eigenvalue weighted by Crippen LogP contribution is 2.37. The first-order valence-corrected chi connectivity index (χ1v) is 4.63. The Morgan fingerprint density at radius 3 is 2.31 bits per heavy atom. The molecule has 0 atom stereocenters. The first-order valence-electron chi connectivity index (χ1n) is 4.63. The van der Waals surface area contributed by atoms with Gasteiger partial charge in [0, 0.05) is 0 Å². The predicted octanol–water partition coefficient (Wildman–Crippen LogP) is 3.09. The minimum Gasteiger partial charge on any atom is -0.465 e. The van der Waals surface area contributed by atoms with Crippen LogP contribution in [0.5, 0.6) is 0 Å². The summed E-state index contributed by atoms with van der Waals surface area (Å²) in [5.41, 5.74) is -1.59. The molecule has 3 nitrogen and oxygen atoms in total. The molecule has 0 aliphatic heterocycles. The largest absolute Gasteiger partial charge is 0.465 e. The van der Waals surface area contributed by atoms with Crippen LogP contribution in [0.15, 0.2) is 4.42 Å². The molecule has 16 heavy (non-hydrogen) atoms. The molecule has 1 aromatic heterocycles. The zero-order valence-electron chi connectivity index (χ0n) is 9.07. The van der Waals surface area contributed by atoms with E-state index in [1.54, 1.807) is 0 Å². The Morgan fingerprint density at radius 1 is 1.31 bits per heavy atom. The highest BCUT2D eigenvalue weighted by Gasteiger charge is 2.41. The third kappa shape index (κ3) is 2.20. The number of hydrogen-bond donors (Lipinski definition) is 0. The van der Waals surface area contributed by atoms with Crippen LogP contribution in [-0.2, 0) is 10.9 Å².